The number of hydrogen-bond acceptors (Lipinski definition) is 3. The van der Waals surface area contributed by atoms with Crippen LogP contribution >= 0.6 is 0 Å². The number of amides is 2. The van der Waals surface area contributed by atoms with Crippen molar-refractivity contribution in [2.24, 2.45) is 0 Å². The Morgan fingerprint density at radius 3 is 2.00 bits per heavy atom. The number of halogens is 2. The molecule has 150 valence electrons. The molecule has 2 amide bonds. The van der Waals surface area contributed by atoms with Gasteiger partial charge in [-0.2, -0.15) is 0 Å². The van der Waals surface area contributed by atoms with Crippen LogP contribution < -0.4 is 4.74 Å². The highest BCUT2D eigenvalue weighted by Crippen LogP contribution is 2.29. The molecule has 0 fully saturated rings. The van der Waals surface area contributed by atoms with Gasteiger partial charge in [-0.3, -0.25) is 14.5 Å². The van der Waals surface area contributed by atoms with E-state index in [1.807, 2.05) is 0 Å². The summed E-state index contributed by atoms with van der Waals surface area (Å²) in [6.07, 6.45) is 1.53. The first-order valence-electron chi connectivity index (χ1n) is 9.28. The normalized spacial score (nSPS) is 13.6. The van der Waals surface area contributed by atoms with E-state index in [-0.39, 0.29) is 23.9 Å². The number of carbonyl (C=O) groups excluding carboxylic acids is 2. The standard InChI is InChI=1S/C24H17F2NO3/c1-15(14-27-23(28)18-9-5-6-10-19(18)24(27)29)11-16-12-20(25)22(21(26)13-16)30-17-7-3-2-4-8-17/h2-13H,14H2,1H3. The SMILES string of the molecule is CC(=Cc1cc(F)c(Oc2ccccc2)c(F)c1)CN1C(=O)c2ccccc2C1=O. The van der Waals surface area contributed by atoms with Crippen LogP contribution in [0.2, 0.25) is 0 Å². The van der Waals surface area contributed by atoms with Gasteiger partial charge in [-0.25, -0.2) is 8.78 Å². The van der Waals surface area contributed by atoms with Crippen molar-refractivity contribution in [2.45, 2.75) is 6.92 Å². The maximum Gasteiger partial charge on any atom is 0.261 e. The second-order valence-electron chi connectivity index (χ2n) is 6.96. The van der Waals surface area contributed by atoms with Gasteiger partial charge in [0.2, 0.25) is 0 Å². The van der Waals surface area contributed by atoms with Crippen molar-refractivity contribution in [1.82, 2.24) is 4.90 Å². The number of nitrogens with zero attached hydrogens (tertiary/aromatic N) is 1. The maximum atomic E-state index is 14.4. The lowest BCUT2D eigenvalue weighted by atomic mass is 10.1. The largest absolute Gasteiger partial charge is 0.451 e. The predicted molar refractivity (Wildman–Crippen MR) is 108 cm³/mol. The first kappa shape index (κ1) is 19.5. The molecule has 0 saturated heterocycles. The lowest BCUT2D eigenvalue weighted by molar-refractivity contribution is 0.0668. The molecule has 0 spiro atoms. The summed E-state index contributed by atoms with van der Waals surface area (Å²) in [7, 11) is 0. The Labute approximate surface area is 172 Å². The highest BCUT2D eigenvalue weighted by Gasteiger charge is 2.34. The molecule has 0 saturated carbocycles. The van der Waals surface area contributed by atoms with Crippen LogP contribution in [0.5, 0.6) is 11.5 Å². The second-order valence-corrected chi connectivity index (χ2v) is 6.96. The average Bonchev–Trinajstić information content (AvgIpc) is 2.97. The first-order valence-corrected chi connectivity index (χ1v) is 9.28. The van der Waals surface area contributed by atoms with Gasteiger partial charge in [0.25, 0.3) is 11.8 Å². The fraction of sp³-hybridized carbons (Fsp3) is 0.0833. The van der Waals surface area contributed by atoms with Gasteiger partial charge in [-0.15, -0.1) is 0 Å². The number of rotatable bonds is 5. The zero-order valence-electron chi connectivity index (χ0n) is 16.1. The third-order valence-electron chi connectivity index (χ3n) is 4.68. The van der Waals surface area contributed by atoms with Crippen LogP contribution in [0.15, 0.2) is 72.3 Å². The molecule has 4 nitrogen and oxygen atoms in total. The molecule has 0 aromatic heterocycles. The van der Waals surface area contributed by atoms with Gasteiger partial charge < -0.3 is 4.74 Å². The first-order chi connectivity index (χ1) is 14.4. The summed E-state index contributed by atoms with van der Waals surface area (Å²) >= 11 is 0. The molecular weight excluding hydrogens is 388 g/mol. The van der Waals surface area contributed by atoms with E-state index in [1.54, 1.807) is 61.5 Å². The van der Waals surface area contributed by atoms with Crippen molar-refractivity contribution < 1.29 is 23.1 Å². The van der Waals surface area contributed by atoms with E-state index < -0.39 is 17.4 Å². The molecule has 4 rings (SSSR count). The Hall–Kier alpha value is -3.80. The summed E-state index contributed by atoms with van der Waals surface area (Å²) < 4.78 is 34.2. The molecule has 6 heteroatoms. The van der Waals surface area contributed by atoms with Gasteiger partial charge in [-0.05, 0) is 48.9 Å². The van der Waals surface area contributed by atoms with Gasteiger partial charge in [0.05, 0.1) is 17.7 Å². The monoisotopic (exact) mass is 405 g/mol. The van der Waals surface area contributed by atoms with E-state index in [4.69, 9.17) is 4.74 Å². The molecular formula is C24H17F2NO3. The zero-order valence-corrected chi connectivity index (χ0v) is 16.1. The van der Waals surface area contributed by atoms with E-state index in [9.17, 15) is 18.4 Å². The minimum atomic E-state index is -0.848. The fourth-order valence-electron chi connectivity index (χ4n) is 3.33. The Kier molecular flexibility index (Phi) is 5.14. The number of para-hydroxylation sites is 1. The number of carbonyl (C=O) groups is 2. The fourth-order valence-corrected chi connectivity index (χ4v) is 3.33. The minimum Gasteiger partial charge on any atom is -0.451 e. The van der Waals surface area contributed by atoms with Gasteiger partial charge in [0.15, 0.2) is 17.4 Å². The molecule has 3 aromatic rings. The van der Waals surface area contributed by atoms with Crippen LogP contribution in [0, 0.1) is 11.6 Å². The quantitative estimate of drug-likeness (QED) is 0.530. The molecule has 1 heterocycles. The van der Waals surface area contributed by atoms with Crippen molar-refractivity contribution in [1.29, 1.82) is 0 Å². The lowest BCUT2D eigenvalue weighted by Crippen LogP contribution is -2.31. The number of fused-ring (bicyclic) bond motifs is 1. The number of ether oxygens (including phenoxy) is 1. The topological polar surface area (TPSA) is 46.6 Å². The van der Waals surface area contributed by atoms with Crippen LogP contribution in [0.25, 0.3) is 6.08 Å². The third-order valence-corrected chi connectivity index (χ3v) is 4.68. The van der Waals surface area contributed by atoms with Crippen LogP contribution in [0.1, 0.15) is 33.2 Å². The average molecular weight is 405 g/mol. The van der Waals surface area contributed by atoms with Crippen LogP contribution in [-0.2, 0) is 0 Å². The summed E-state index contributed by atoms with van der Waals surface area (Å²) in [5.74, 6) is -2.63. The van der Waals surface area contributed by atoms with Crippen molar-refractivity contribution in [3.63, 3.8) is 0 Å². The van der Waals surface area contributed by atoms with E-state index in [0.717, 1.165) is 17.0 Å². The Morgan fingerprint density at radius 2 is 1.43 bits per heavy atom. The zero-order chi connectivity index (χ0) is 21.3. The van der Waals surface area contributed by atoms with E-state index in [1.165, 1.54) is 6.08 Å². The van der Waals surface area contributed by atoms with Crippen molar-refractivity contribution in [2.75, 3.05) is 6.54 Å². The number of benzene rings is 3. The maximum absolute atomic E-state index is 14.4. The summed E-state index contributed by atoms with van der Waals surface area (Å²) in [4.78, 5) is 26.0. The highest BCUT2D eigenvalue weighted by atomic mass is 19.1. The molecule has 1 aliphatic heterocycles. The number of imide groups is 1. The van der Waals surface area contributed by atoms with Crippen LogP contribution in [-0.4, -0.2) is 23.3 Å². The van der Waals surface area contributed by atoms with E-state index in [2.05, 4.69) is 0 Å². The summed E-state index contributed by atoms with van der Waals surface area (Å²) in [5, 5.41) is 0. The van der Waals surface area contributed by atoms with Gasteiger partial charge in [0, 0.05) is 0 Å². The van der Waals surface area contributed by atoms with Gasteiger partial charge in [0.1, 0.15) is 5.75 Å². The molecule has 3 aromatic carbocycles. The predicted octanol–water partition coefficient (Wildman–Crippen LogP) is 5.46. The smallest absolute Gasteiger partial charge is 0.261 e. The van der Waals surface area contributed by atoms with Gasteiger partial charge >= 0.3 is 0 Å². The molecule has 1 aliphatic rings. The third kappa shape index (κ3) is 3.72. The Balaban J connectivity index is 1.54. The second kappa shape index (κ2) is 7.91. The molecule has 0 N–H and O–H groups in total. The van der Waals surface area contributed by atoms with Crippen LogP contribution in [0.4, 0.5) is 8.78 Å². The molecule has 0 atom stereocenters. The molecule has 0 radical (unpaired) electrons. The van der Waals surface area contributed by atoms with E-state index >= 15 is 0 Å². The molecule has 30 heavy (non-hydrogen) atoms. The Morgan fingerprint density at radius 1 is 0.900 bits per heavy atom. The van der Waals surface area contributed by atoms with Gasteiger partial charge in [-0.1, -0.05) is 42.0 Å². The van der Waals surface area contributed by atoms with Crippen molar-refractivity contribution >= 4 is 17.9 Å². The summed E-state index contributed by atoms with van der Waals surface area (Å²) in [5.41, 5.74) is 1.57. The van der Waals surface area contributed by atoms with Crippen molar-refractivity contribution in [3.05, 3.63) is 101 Å². The molecule has 0 bridgehead atoms. The van der Waals surface area contributed by atoms with Crippen LogP contribution in [0.3, 0.4) is 0 Å². The molecule has 0 unspecified atom stereocenters. The highest BCUT2D eigenvalue weighted by molar-refractivity contribution is 6.21. The minimum absolute atomic E-state index is 0.0256. The Bertz CT molecular complexity index is 1110. The lowest BCUT2D eigenvalue weighted by Gasteiger charge is -2.14. The number of hydrogen-bond donors (Lipinski definition) is 0. The van der Waals surface area contributed by atoms with E-state index in [0.29, 0.717) is 22.4 Å². The molecule has 0 aliphatic carbocycles. The van der Waals surface area contributed by atoms with Crippen molar-refractivity contribution in [3.8, 4) is 11.5 Å². The summed E-state index contributed by atoms with van der Waals surface area (Å²) in [6.45, 7) is 1.71. The summed E-state index contributed by atoms with van der Waals surface area (Å²) in [6, 6.07) is 17.2.